The number of aryl methyl sites for hydroxylation is 3. The van der Waals surface area contributed by atoms with Crippen molar-refractivity contribution in [1.82, 2.24) is 9.55 Å². The molecule has 0 atom stereocenters. The van der Waals surface area contributed by atoms with Gasteiger partial charge in [-0.2, -0.15) is 0 Å². The number of rotatable bonds is 4. The zero-order chi connectivity index (χ0) is 14.0. The molecule has 0 saturated heterocycles. The van der Waals surface area contributed by atoms with Crippen LogP contribution in [0.25, 0.3) is 0 Å². The first-order valence-electron chi connectivity index (χ1n) is 6.03. The Hall–Kier alpha value is -1.36. The van der Waals surface area contributed by atoms with E-state index in [4.69, 9.17) is 4.74 Å². The van der Waals surface area contributed by atoms with Gasteiger partial charge in [-0.3, -0.25) is 0 Å². The van der Waals surface area contributed by atoms with E-state index in [0.29, 0.717) is 12.2 Å². The van der Waals surface area contributed by atoms with Crippen molar-refractivity contribution in [2.45, 2.75) is 19.8 Å². The number of imidazole rings is 1. The van der Waals surface area contributed by atoms with Gasteiger partial charge in [0.15, 0.2) is 0 Å². The number of benzene rings is 1. The first-order valence-corrected chi connectivity index (χ1v) is 6.82. The summed E-state index contributed by atoms with van der Waals surface area (Å²) in [6.07, 6.45) is 1.43. The van der Waals surface area contributed by atoms with Crippen LogP contribution < -0.4 is 4.74 Å². The third-order valence-corrected chi connectivity index (χ3v) is 4.18. The van der Waals surface area contributed by atoms with Crippen molar-refractivity contribution in [3.63, 3.8) is 0 Å². The third-order valence-electron chi connectivity index (χ3n) is 3.19. The second-order valence-electron chi connectivity index (χ2n) is 4.41. The maximum Gasteiger partial charge on any atom is 0.123 e. The van der Waals surface area contributed by atoms with Gasteiger partial charge in [0.2, 0.25) is 0 Å². The van der Waals surface area contributed by atoms with E-state index in [2.05, 4.69) is 20.9 Å². The van der Waals surface area contributed by atoms with Gasteiger partial charge in [-0.05, 0) is 59.5 Å². The normalized spacial score (nSPS) is 10.8. The van der Waals surface area contributed by atoms with Crippen molar-refractivity contribution >= 4 is 15.9 Å². The number of nitrogens with zero attached hydrogens (tertiary/aromatic N) is 2. The van der Waals surface area contributed by atoms with E-state index in [9.17, 15) is 4.39 Å². The summed E-state index contributed by atoms with van der Waals surface area (Å²) >= 11 is 3.52. The Balaban J connectivity index is 2.18. The summed E-state index contributed by atoms with van der Waals surface area (Å²) in [5, 5.41) is 0. The molecule has 0 N–H and O–H groups in total. The van der Waals surface area contributed by atoms with Crippen molar-refractivity contribution < 1.29 is 9.13 Å². The van der Waals surface area contributed by atoms with E-state index in [1.807, 2.05) is 18.5 Å². The number of hydrogen-bond donors (Lipinski definition) is 0. The van der Waals surface area contributed by atoms with Crippen LogP contribution >= 0.6 is 15.9 Å². The summed E-state index contributed by atoms with van der Waals surface area (Å²) in [5.74, 6) is 1.42. The van der Waals surface area contributed by atoms with Crippen molar-refractivity contribution in [2.24, 2.45) is 7.05 Å². The Labute approximate surface area is 120 Å². The molecule has 19 heavy (non-hydrogen) atoms. The van der Waals surface area contributed by atoms with Crippen LogP contribution in [0, 0.1) is 12.7 Å². The van der Waals surface area contributed by atoms with E-state index in [1.165, 1.54) is 12.1 Å². The van der Waals surface area contributed by atoms with Crippen LogP contribution in [0.2, 0.25) is 0 Å². The van der Waals surface area contributed by atoms with Crippen molar-refractivity contribution in [3.8, 4) is 5.75 Å². The third kappa shape index (κ3) is 2.97. The number of aromatic nitrogens is 2. The lowest BCUT2D eigenvalue weighted by molar-refractivity contribution is 0.408. The lowest BCUT2D eigenvalue weighted by Gasteiger charge is -2.07. The zero-order valence-electron chi connectivity index (χ0n) is 11.2. The van der Waals surface area contributed by atoms with Crippen LogP contribution in [0.5, 0.6) is 5.75 Å². The van der Waals surface area contributed by atoms with E-state index in [1.54, 1.807) is 13.2 Å². The lowest BCUT2D eigenvalue weighted by atomic mass is 10.1. The first-order chi connectivity index (χ1) is 9.02. The second kappa shape index (κ2) is 5.74. The van der Waals surface area contributed by atoms with Crippen LogP contribution in [-0.2, 0) is 19.9 Å². The molecule has 0 unspecified atom stereocenters. The molecular formula is C14H16BrFN2O. The van der Waals surface area contributed by atoms with Crippen molar-refractivity contribution in [2.75, 3.05) is 7.11 Å². The number of hydrogen-bond acceptors (Lipinski definition) is 2. The second-order valence-corrected chi connectivity index (χ2v) is 5.16. The molecule has 0 bridgehead atoms. The van der Waals surface area contributed by atoms with Crippen LogP contribution in [0.4, 0.5) is 4.39 Å². The fourth-order valence-corrected chi connectivity index (χ4v) is 2.55. The Kier molecular flexibility index (Phi) is 4.24. The molecule has 0 aliphatic carbocycles. The molecule has 0 spiro atoms. The molecule has 0 amide bonds. The van der Waals surface area contributed by atoms with E-state index >= 15 is 0 Å². The maximum absolute atomic E-state index is 13.3. The molecule has 0 saturated carbocycles. The molecule has 5 heteroatoms. The Morgan fingerprint density at radius 1 is 1.37 bits per heavy atom. The summed E-state index contributed by atoms with van der Waals surface area (Å²) in [6, 6.07) is 4.58. The van der Waals surface area contributed by atoms with Crippen molar-refractivity contribution in [3.05, 3.63) is 45.7 Å². The Morgan fingerprint density at radius 2 is 2.11 bits per heavy atom. The average Bonchev–Trinajstić information content (AvgIpc) is 2.64. The standard InChI is InChI=1S/C14H16BrFN2O/c1-9-17-12(14(15)18(9)2)6-4-10-8-11(16)5-7-13(10)19-3/h5,7-8H,4,6H2,1-3H3. The quantitative estimate of drug-likeness (QED) is 0.860. The molecule has 1 aromatic heterocycles. The monoisotopic (exact) mass is 326 g/mol. The van der Waals surface area contributed by atoms with Crippen molar-refractivity contribution in [1.29, 1.82) is 0 Å². The highest BCUT2D eigenvalue weighted by molar-refractivity contribution is 9.10. The topological polar surface area (TPSA) is 27.1 Å². The van der Waals surface area contributed by atoms with Crippen LogP contribution in [0.1, 0.15) is 17.1 Å². The Bertz CT molecular complexity index is 595. The summed E-state index contributed by atoms with van der Waals surface area (Å²) in [5.41, 5.74) is 1.84. The van der Waals surface area contributed by atoms with Gasteiger partial charge < -0.3 is 9.30 Å². The smallest absolute Gasteiger partial charge is 0.123 e. The fourth-order valence-electron chi connectivity index (χ4n) is 2.01. The molecule has 1 aromatic carbocycles. The highest BCUT2D eigenvalue weighted by Crippen LogP contribution is 2.23. The molecule has 2 aromatic rings. The summed E-state index contributed by atoms with van der Waals surface area (Å²) in [7, 11) is 3.55. The maximum atomic E-state index is 13.3. The number of methoxy groups -OCH3 is 1. The molecular weight excluding hydrogens is 311 g/mol. The number of ether oxygens (including phenoxy) is 1. The molecule has 3 nitrogen and oxygen atoms in total. The predicted octanol–water partition coefficient (Wildman–Crippen LogP) is 3.42. The highest BCUT2D eigenvalue weighted by atomic mass is 79.9. The summed E-state index contributed by atoms with van der Waals surface area (Å²) in [4.78, 5) is 4.48. The first kappa shape index (κ1) is 14.1. The van der Waals surface area contributed by atoms with Gasteiger partial charge in [-0.1, -0.05) is 0 Å². The largest absolute Gasteiger partial charge is 0.496 e. The van der Waals surface area contributed by atoms with Crippen LogP contribution in [-0.4, -0.2) is 16.7 Å². The minimum absolute atomic E-state index is 0.243. The fraction of sp³-hybridized carbons (Fsp3) is 0.357. The van der Waals surface area contributed by atoms with Gasteiger partial charge in [-0.25, -0.2) is 9.37 Å². The minimum Gasteiger partial charge on any atom is -0.496 e. The summed E-state index contributed by atoms with van der Waals surface area (Å²) < 4.78 is 21.5. The average molecular weight is 327 g/mol. The Morgan fingerprint density at radius 3 is 2.68 bits per heavy atom. The van der Waals surface area contributed by atoms with Gasteiger partial charge >= 0.3 is 0 Å². The molecule has 0 radical (unpaired) electrons. The van der Waals surface area contributed by atoms with E-state index in [0.717, 1.165) is 28.1 Å². The minimum atomic E-state index is -0.243. The summed E-state index contributed by atoms with van der Waals surface area (Å²) in [6.45, 7) is 1.96. The SMILES string of the molecule is COc1ccc(F)cc1CCc1nc(C)n(C)c1Br. The van der Waals surface area contributed by atoms with Crippen LogP contribution in [0.15, 0.2) is 22.8 Å². The van der Waals surface area contributed by atoms with E-state index < -0.39 is 0 Å². The molecule has 1 heterocycles. The van der Waals surface area contributed by atoms with Gasteiger partial charge in [0.25, 0.3) is 0 Å². The van der Waals surface area contributed by atoms with Gasteiger partial charge in [0.1, 0.15) is 22.0 Å². The molecule has 102 valence electrons. The molecule has 2 rings (SSSR count). The zero-order valence-corrected chi connectivity index (χ0v) is 12.8. The number of halogens is 2. The van der Waals surface area contributed by atoms with Crippen LogP contribution in [0.3, 0.4) is 0 Å². The lowest BCUT2D eigenvalue weighted by Crippen LogP contribution is -1.97. The van der Waals surface area contributed by atoms with Gasteiger partial charge in [0.05, 0.1) is 12.8 Å². The molecule has 0 aliphatic heterocycles. The van der Waals surface area contributed by atoms with Gasteiger partial charge in [-0.15, -0.1) is 0 Å². The predicted molar refractivity (Wildman–Crippen MR) is 76.0 cm³/mol. The highest BCUT2D eigenvalue weighted by Gasteiger charge is 2.11. The molecule has 0 fully saturated rings. The van der Waals surface area contributed by atoms with E-state index in [-0.39, 0.29) is 5.82 Å². The van der Waals surface area contributed by atoms with Gasteiger partial charge in [0, 0.05) is 7.05 Å². The molecule has 0 aliphatic rings.